The second-order valence-electron chi connectivity index (χ2n) is 11.3. The van der Waals surface area contributed by atoms with Crippen LogP contribution in [0.5, 0.6) is 0 Å². The number of hydrogen-bond acceptors (Lipinski definition) is 6. The second-order valence-corrected chi connectivity index (χ2v) is 12.8. The monoisotopic (exact) mass is 581 g/mol. The number of carbonyl (C=O) groups is 2. The number of hydrogen-bond donors (Lipinski definition) is 2. The maximum absolute atomic E-state index is 14.1. The molecule has 3 aliphatic heterocycles. The van der Waals surface area contributed by atoms with Gasteiger partial charge in [0.1, 0.15) is 17.2 Å². The van der Waals surface area contributed by atoms with E-state index < -0.39 is 29.2 Å². The Balaban J connectivity index is 1.08. The summed E-state index contributed by atoms with van der Waals surface area (Å²) in [6.07, 6.45) is 1.65. The van der Waals surface area contributed by atoms with E-state index in [1.807, 2.05) is 31.3 Å². The average molecular weight is 582 g/mol. The van der Waals surface area contributed by atoms with Crippen LogP contribution in [0.2, 0.25) is 0 Å². The Morgan fingerprint density at radius 3 is 2.63 bits per heavy atom. The molecule has 0 bridgehead atoms. The van der Waals surface area contributed by atoms with E-state index in [0.717, 1.165) is 48.9 Å². The molecule has 3 N–H and O–H groups in total. The number of urea groups is 1. The van der Waals surface area contributed by atoms with Crippen LogP contribution in [0.3, 0.4) is 0 Å². The standard InChI is InChI=1S/C29H36FN7O3S/c1-34-26-16-21(5-6-23(26)28(33-34)37-14-10-27(38)32-29(37)39)20-7-11-35(12-8-20)17-19-3-2-4-22(15-19)41(40)36-13-9-25(31)24(30)18-36/h2-6,15-16,20,24-25H,7-14,17-18,31H2,1H3,(H,32,38,39). The zero-order valence-electron chi connectivity index (χ0n) is 23.2. The minimum absolute atomic E-state index is 0.103. The Morgan fingerprint density at radius 1 is 1.07 bits per heavy atom. The van der Waals surface area contributed by atoms with Crippen molar-refractivity contribution in [2.24, 2.45) is 12.8 Å². The number of benzene rings is 2. The Kier molecular flexibility index (Phi) is 7.90. The van der Waals surface area contributed by atoms with Crippen LogP contribution in [-0.4, -0.2) is 80.1 Å². The second kappa shape index (κ2) is 11.6. The van der Waals surface area contributed by atoms with Crippen molar-refractivity contribution in [3.8, 4) is 0 Å². The number of nitrogens with two attached hydrogens (primary N) is 1. The van der Waals surface area contributed by atoms with Crippen molar-refractivity contribution < 1.29 is 18.2 Å². The van der Waals surface area contributed by atoms with Crippen molar-refractivity contribution in [2.45, 2.75) is 55.3 Å². The lowest BCUT2D eigenvalue weighted by atomic mass is 9.89. The molecule has 3 saturated heterocycles. The average Bonchev–Trinajstić information content (AvgIpc) is 3.30. The maximum atomic E-state index is 14.1. The minimum Gasteiger partial charge on any atom is -0.325 e. The lowest BCUT2D eigenvalue weighted by Gasteiger charge is -2.33. The number of fused-ring (bicyclic) bond motifs is 1. The fourth-order valence-corrected chi connectivity index (χ4v) is 7.40. The zero-order valence-corrected chi connectivity index (χ0v) is 24.0. The number of nitrogens with one attached hydrogen (secondary N) is 1. The van der Waals surface area contributed by atoms with E-state index in [9.17, 15) is 18.2 Å². The summed E-state index contributed by atoms with van der Waals surface area (Å²) in [5.74, 6) is 0.732. The number of imide groups is 1. The number of likely N-dealkylation sites (tertiary alicyclic amines) is 1. The molecule has 1 aromatic heterocycles. The molecular formula is C29H36FN7O3S. The van der Waals surface area contributed by atoms with Crippen LogP contribution in [-0.2, 0) is 29.4 Å². The quantitative estimate of drug-likeness (QED) is 0.463. The molecule has 41 heavy (non-hydrogen) atoms. The number of nitrogens with zero attached hydrogens (tertiary/aromatic N) is 5. The summed E-state index contributed by atoms with van der Waals surface area (Å²) in [7, 11) is 0.479. The first-order valence-corrected chi connectivity index (χ1v) is 15.3. The molecule has 4 heterocycles. The van der Waals surface area contributed by atoms with Crippen molar-refractivity contribution >= 4 is 39.6 Å². The number of piperidine rings is 2. The van der Waals surface area contributed by atoms with Crippen LogP contribution in [0.4, 0.5) is 15.0 Å². The van der Waals surface area contributed by atoms with E-state index in [1.54, 1.807) is 8.99 Å². The van der Waals surface area contributed by atoms with E-state index in [4.69, 9.17) is 5.73 Å². The molecule has 12 heteroatoms. The number of carbonyl (C=O) groups excluding carboxylic acids is 2. The molecule has 0 saturated carbocycles. The molecule has 3 unspecified atom stereocenters. The third kappa shape index (κ3) is 5.78. The Morgan fingerprint density at radius 2 is 1.88 bits per heavy atom. The van der Waals surface area contributed by atoms with Crippen LogP contribution in [0, 0.1) is 0 Å². The highest BCUT2D eigenvalue weighted by Gasteiger charge is 2.31. The number of alkyl halides is 1. The van der Waals surface area contributed by atoms with Crippen LogP contribution in [0.25, 0.3) is 10.9 Å². The molecule has 3 fully saturated rings. The number of rotatable bonds is 6. The predicted octanol–water partition coefficient (Wildman–Crippen LogP) is 2.79. The normalized spacial score (nSPS) is 24.1. The summed E-state index contributed by atoms with van der Waals surface area (Å²) in [6, 6.07) is 13.3. The zero-order chi connectivity index (χ0) is 28.7. The maximum Gasteiger partial charge on any atom is 0.329 e. The van der Waals surface area contributed by atoms with Crippen LogP contribution < -0.4 is 16.0 Å². The lowest BCUT2D eigenvalue weighted by molar-refractivity contribution is -0.120. The van der Waals surface area contributed by atoms with Gasteiger partial charge in [0.05, 0.1) is 10.4 Å². The van der Waals surface area contributed by atoms with Crippen LogP contribution in [0.1, 0.15) is 42.7 Å². The van der Waals surface area contributed by atoms with Gasteiger partial charge < -0.3 is 5.73 Å². The Labute approximate surface area is 241 Å². The van der Waals surface area contributed by atoms with Gasteiger partial charge in [-0.3, -0.25) is 24.6 Å². The summed E-state index contributed by atoms with van der Waals surface area (Å²) in [5.41, 5.74) is 9.11. The first kappa shape index (κ1) is 28.0. The van der Waals surface area contributed by atoms with Crippen molar-refractivity contribution in [3.05, 3.63) is 53.6 Å². The van der Waals surface area contributed by atoms with E-state index in [1.165, 1.54) is 10.5 Å². The topological polar surface area (TPSA) is 117 Å². The first-order valence-electron chi connectivity index (χ1n) is 14.2. The van der Waals surface area contributed by atoms with E-state index in [2.05, 4.69) is 33.5 Å². The smallest absolute Gasteiger partial charge is 0.325 e. The van der Waals surface area contributed by atoms with E-state index in [0.29, 0.717) is 36.1 Å². The van der Waals surface area contributed by atoms with Gasteiger partial charge >= 0.3 is 6.03 Å². The highest BCUT2D eigenvalue weighted by Crippen LogP contribution is 2.34. The lowest BCUT2D eigenvalue weighted by Crippen LogP contribution is -2.49. The molecule has 6 rings (SSSR count). The molecule has 218 valence electrons. The third-order valence-electron chi connectivity index (χ3n) is 8.52. The van der Waals surface area contributed by atoms with Gasteiger partial charge in [0.25, 0.3) is 0 Å². The highest BCUT2D eigenvalue weighted by atomic mass is 32.2. The Bertz CT molecular complexity index is 1490. The van der Waals surface area contributed by atoms with Crippen LogP contribution in [0.15, 0.2) is 47.4 Å². The molecule has 0 spiro atoms. The van der Waals surface area contributed by atoms with Gasteiger partial charge in [-0.05, 0) is 73.7 Å². The van der Waals surface area contributed by atoms with Gasteiger partial charge in [-0.2, -0.15) is 5.10 Å². The first-order chi connectivity index (χ1) is 19.8. The number of aromatic nitrogens is 2. The summed E-state index contributed by atoms with van der Waals surface area (Å²) >= 11 is 0. The van der Waals surface area contributed by atoms with Crippen molar-refractivity contribution in [3.63, 3.8) is 0 Å². The summed E-state index contributed by atoms with van der Waals surface area (Å²) in [5, 5.41) is 7.87. The van der Waals surface area contributed by atoms with Gasteiger partial charge in [-0.15, -0.1) is 0 Å². The number of amides is 3. The summed E-state index contributed by atoms with van der Waals surface area (Å²) in [6.45, 7) is 3.63. The molecule has 3 atom stereocenters. The predicted molar refractivity (Wildman–Crippen MR) is 155 cm³/mol. The number of anilines is 1. The molecule has 10 nitrogen and oxygen atoms in total. The summed E-state index contributed by atoms with van der Waals surface area (Å²) < 4.78 is 30.7. The molecular weight excluding hydrogens is 545 g/mol. The minimum atomic E-state index is -1.40. The van der Waals surface area contributed by atoms with Crippen molar-refractivity contribution in [2.75, 3.05) is 37.6 Å². The van der Waals surface area contributed by atoms with Crippen molar-refractivity contribution in [1.82, 2.24) is 24.3 Å². The van der Waals surface area contributed by atoms with Crippen LogP contribution >= 0.6 is 0 Å². The summed E-state index contributed by atoms with van der Waals surface area (Å²) in [4.78, 5) is 28.6. The highest BCUT2D eigenvalue weighted by molar-refractivity contribution is 7.82. The fraction of sp³-hybridized carbons (Fsp3) is 0.483. The van der Waals surface area contributed by atoms with Gasteiger partial charge in [-0.1, -0.05) is 18.2 Å². The number of halogens is 1. The molecule has 3 aliphatic rings. The molecule has 0 radical (unpaired) electrons. The van der Waals surface area contributed by atoms with Gasteiger partial charge in [0, 0.05) is 51.1 Å². The number of aryl methyl sites for hydroxylation is 1. The molecule has 3 amide bonds. The van der Waals surface area contributed by atoms with Crippen molar-refractivity contribution in [1.29, 1.82) is 0 Å². The van der Waals surface area contributed by atoms with Gasteiger partial charge in [0.2, 0.25) is 5.91 Å². The largest absolute Gasteiger partial charge is 0.329 e. The Hall–Kier alpha value is -3.19. The fourth-order valence-electron chi connectivity index (χ4n) is 6.10. The molecule has 3 aromatic rings. The van der Waals surface area contributed by atoms with Gasteiger partial charge in [-0.25, -0.2) is 17.7 Å². The SMILES string of the molecule is Cn1nc(N2CCC(=O)NC2=O)c2ccc(C3CCN(Cc4cccc(S(=O)N5CCC(N)C(F)C5)c4)CC3)cc21. The third-order valence-corrected chi connectivity index (χ3v) is 9.98. The molecule has 0 aliphatic carbocycles. The van der Waals surface area contributed by atoms with E-state index in [-0.39, 0.29) is 18.9 Å². The van der Waals surface area contributed by atoms with E-state index >= 15 is 0 Å². The van der Waals surface area contributed by atoms with Gasteiger partial charge in [0.15, 0.2) is 5.82 Å². The molecule has 2 aromatic carbocycles.